The van der Waals surface area contributed by atoms with Crippen LogP contribution >= 0.6 is 0 Å². The van der Waals surface area contributed by atoms with Gasteiger partial charge in [-0.3, -0.25) is 9.69 Å². The van der Waals surface area contributed by atoms with Crippen LogP contribution in [0.2, 0.25) is 0 Å². The van der Waals surface area contributed by atoms with Gasteiger partial charge >= 0.3 is 6.03 Å². The van der Waals surface area contributed by atoms with Crippen LogP contribution in [0, 0.1) is 5.82 Å². The number of benzene rings is 3. The van der Waals surface area contributed by atoms with Crippen molar-refractivity contribution in [1.29, 1.82) is 0 Å². The van der Waals surface area contributed by atoms with Crippen molar-refractivity contribution < 1.29 is 23.5 Å². The van der Waals surface area contributed by atoms with Crippen molar-refractivity contribution in [3.63, 3.8) is 0 Å². The highest BCUT2D eigenvalue weighted by Gasteiger charge is 2.27. The number of nitrogens with zero attached hydrogens (tertiary/aromatic N) is 2. The Morgan fingerprint density at radius 1 is 0.971 bits per heavy atom. The standard InChI is InChI=1S/C26H26FN3O4/c1-33-23-13-18(14-24(16-23)34-2)17-29-11-4-12-30(26(29)32)22-9-7-21(8-10-22)28-25(31)19-5-3-6-20(27)15-19/h3,5-10,13-16H,4,11-12,17H2,1-2H3,(H,28,31). The lowest BCUT2D eigenvalue weighted by Crippen LogP contribution is -2.49. The first-order chi connectivity index (χ1) is 16.5. The third kappa shape index (κ3) is 5.28. The second kappa shape index (κ2) is 10.2. The van der Waals surface area contributed by atoms with Crippen molar-refractivity contribution in [3.05, 3.63) is 83.7 Å². The molecule has 3 aromatic carbocycles. The van der Waals surface area contributed by atoms with Crippen LogP contribution in [0.1, 0.15) is 22.3 Å². The normalized spacial score (nSPS) is 13.6. The van der Waals surface area contributed by atoms with Crippen LogP contribution in [0.3, 0.4) is 0 Å². The van der Waals surface area contributed by atoms with Gasteiger partial charge in [0.15, 0.2) is 0 Å². The Hall–Kier alpha value is -4.07. The van der Waals surface area contributed by atoms with E-state index in [1.165, 1.54) is 18.2 Å². The number of urea groups is 1. The molecule has 3 aromatic rings. The maximum absolute atomic E-state index is 13.4. The summed E-state index contributed by atoms with van der Waals surface area (Å²) in [6.45, 7) is 1.69. The molecule has 0 bridgehead atoms. The molecule has 3 amide bonds. The molecule has 1 heterocycles. The van der Waals surface area contributed by atoms with Gasteiger partial charge < -0.3 is 19.7 Å². The average Bonchev–Trinajstić information content (AvgIpc) is 2.85. The summed E-state index contributed by atoms with van der Waals surface area (Å²) in [7, 11) is 3.19. The highest BCUT2D eigenvalue weighted by molar-refractivity contribution is 6.04. The Kier molecular flexibility index (Phi) is 6.96. The van der Waals surface area contributed by atoms with Crippen molar-refractivity contribution >= 4 is 23.3 Å². The van der Waals surface area contributed by atoms with E-state index in [9.17, 15) is 14.0 Å². The number of rotatable bonds is 7. The number of ether oxygens (including phenoxy) is 2. The molecule has 4 rings (SSSR count). The number of carbonyl (C=O) groups is 2. The van der Waals surface area contributed by atoms with E-state index in [4.69, 9.17) is 9.47 Å². The summed E-state index contributed by atoms with van der Waals surface area (Å²) in [6.07, 6.45) is 0.824. The fourth-order valence-corrected chi connectivity index (χ4v) is 3.90. The quantitative estimate of drug-likeness (QED) is 0.540. The average molecular weight is 464 g/mol. The molecule has 0 radical (unpaired) electrons. The van der Waals surface area contributed by atoms with E-state index in [-0.39, 0.29) is 11.6 Å². The molecule has 0 saturated carbocycles. The van der Waals surface area contributed by atoms with Crippen molar-refractivity contribution in [2.24, 2.45) is 0 Å². The molecule has 0 atom stereocenters. The van der Waals surface area contributed by atoms with Crippen molar-refractivity contribution in [1.82, 2.24) is 4.90 Å². The third-order valence-corrected chi connectivity index (χ3v) is 5.62. The Bertz CT molecular complexity index is 1160. The molecule has 7 nitrogen and oxygen atoms in total. The topological polar surface area (TPSA) is 71.1 Å². The van der Waals surface area contributed by atoms with Gasteiger partial charge in [-0.15, -0.1) is 0 Å². The molecule has 1 aliphatic heterocycles. The second-order valence-corrected chi connectivity index (χ2v) is 7.94. The second-order valence-electron chi connectivity index (χ2n) is 7.94. The van der Waals surface area contributed by atoms with Crippen LogP contribution in [0.25, 0.3) is 0 Å². The molecule has 1 aliphatic rings. The number of methoxy groups -OCH3 is 2. The van der Waals surface area contributed by atoms with Crippen molar-refractivity contribution in [2.75, 3.05) is 37.5 Å². The first kappa shape index (κ1) is 23.1. The summed E-state index contributed by atoms with van der Waals surface area (Å²) in [5.41, 5.74) is 2.45. The summed E-state index contributed by atoms with van der Waals surface area (Å²) in [5, 5.41) is 2.75. The number of hydrogen-bond acceptors (Lipinski definition) is 4. The molecule has 1 saturated heterocycles. The summed E-state index contributed by atoms with van der Waals surface area (Å²) in [5.74, 6) is 0.475. The lowest BCUT2D eigenvalue weighted by Gasteiger charge is -2.35. The zero-order valence-electron chi connectivity index (χ0n) is 19.1. The Labute approximate surface area is 197 Å². The maximum atomic E-state index is 13.4. The van der Waals surface area contributed by atoms with Crippen LogP contribution in [0.5, 0.6) is 11.5 Å². The van der Waals surface area contributed by atoms with E-state index in [2.05, 4.69) is 5.32 Å². The van der Waals surface area contributed by atoms with Gasteiger partial charge in [0.25, 0.3) is 5.91 Å². The summed E-state index contributed by atoms with van der Waals surface area (Å²) in [6, 6.07) is 18.0. The van der Waals surface area contributed by atoms with Gasteiger partial charge in [-0.25, -0.2) is 9.18 Å². The Balaban J connectivity index is 1.44. The van der Waals surface area contributed by atoms with Gasteiger partial charge in [0.2, 0.25) is 0 Å². The highest BCUT2D eigenvalue weighted by Crippen LogP contribution is 2.27. The monoisotopic (exact) mass is 463 g/mol. The van der Waals surface area contributed by atoms with Crippen LogP contribution < -0.4 is 19.7 Å². The van der Waals surface area contributed by atoms with Crippen LogP contribution in [-0.4, -0.2) is 44.1 Å². The number of halogens is 1. The fraction of sp³-hybridized carbons (Fsp3) is 0.231. The summed E-state index contributed by atoms with van der Waals surface area (Å²) < 4.78 is 24.0. The van der Waals surface area contributed by atoms with Gasteiger partial charge in [-0.2, -0.15) is 0 Å². The Morgan fingerprint density at radius 2 is 1.68 bits per heavy atom. The maximum Gasteiger partial charge on any atom is 0.324 e. The lowest BCUT2D eigenvalue weighted by molar-refractivity contribution is 0.102. The third-order valence-electron chi connectivity index (χ3n) is 5.62. The smallest absolute Gasteiger partial charge is 0.324 e. The van der Waals surface area contributed by atoms with Crippen LogP contribution in [0.15, 0.2) is 66.7 Å². The number of anilines is 2. The van der Waals surface area contributed by atoms with E-state index in [0.717, 1.165) is 17.7 Å². The molecule has 8 heteroatoms. The molecule has 0 spiro atoms. The molecule has 1 N–H and O–H groups in total. The molecule has 0 unspecified atom stereocenters. The molecule has 176 valence electrons. The summed E-state index contributed by atoms with van der Waals surface area (Å²) >= 11 is 0. The minimum atomic E-state index is -0.469. The van der Waals surface area contributed by atoms with E-state index >= 15 is 0 Å². The molecule has 0 aliphatic carbocycles. The molecule has 34 heavy (non-hydrogen) atoms. The predicted molar refractivity (Wildman–Crippen MR) is 128 cm³/mol. The highest BCUT2D eigenvalue weighted by atomic mass is 19.1. The first-order valence-electron chi connectivity index (χ1n) is 10.9. The van der Waals surface area contributed by atoms with E-state index in [1.54, 1.807) is 60.4 Å². The molecular formula is C26H26FN3O4. The lowest BCUT2D eigenvalue weighted by atomic mass is 10.1. The fourth-order valence-electron chi connectivity index (χ4n) is 3.90. The number of carbonyl (C=O) groups excluding carboxylic acids is 2. The Morgan fingerprint density at radius 3 is 2.32 bits per heavy atom. The molecule has 0 aromatic heterocycles. The SMILES string of the molecule is COc1cc(CN2CCCN(c3ccc(NC(=O)c4cccc(F)c4)cc3)C2=O)cc(OC)c1. The van der Waals surface area contributed by atoms with Gasteiger partial charge in [0.05, 0.1) is 14.2 Å². The predicted octanol–water partition coefficient (Wildman–Crippen LogP) is 4.93. The number of amides is 3. The molecule has 1 fully saturated rings. The molecular weight excluding hydrogens is 437 g/mol. The minimum absolute atomic E-state index is 0.0930. The zero-order valence-corrected chi connectivity index (χ0v) is 19.1. The van der Waals surface area contributed by atoms with Gasteiger partial charge in [0, 0.05) is 42.6 Å². The largest absolute Gasteiger partial charge is 0.497 e. The summed E-state index contributed by atoms with van der Waals surface area (Å²) in [4.78, 5) is 29.1. The zero-order chi connectivity index (χ0) is 24.1. The van der Waals surface area contributed by atoms with Crippen LogP contribution in [0.4, 0.5) is 20.6 Å². The van der Waals surface area contributed by atoms with Gasteiger partial charge in [0.1, 0.15) is 17.3 Å². The van der Waals surface area contributed by atoms with Gasteiger partial charge in [-0.1, -0.05) is 6.07 Å². The first-order valence-corrected chi connectivity index (χ1v) is 10.9. The minimum Gasteiger partial charge on any atom is -0.497 e. The van der Waals surface area contributed by atoms with Crippen molar-refractivity contribution in [3.8, 4) is 11.5 Å². The van der Waals surface area contributed by atoms with Gasteiger partial charge in [-0.05, 0) is 66.6 Å². The van der Waals surface area contributed by atoms with Crippen molar-refractivity contribution in [2.45, 2.75) is 13.0 Å². The van der Waals surface area contributed by atoms with Crippen LogP contribution in [-0.2, 0) is 6.54 Å². The van der Waals surface area contributed by atoms with E-state index in [0.29, 0.717) is 36.8 Å². The van der Waals surface area contributed by atoms with E-state index in [1.807, 2.05) is 12.1 Å². The number of nitrogens with one attached hydrogen (secondary N) is 1. The number of hydrogen-bond donors (Lipinski definition) is 1. The van der Waals surface area contributed by atoms with E-state index < -0.39 is 11.7 Å².